The molecule has 204 valence electrons. The Hall–Kier alpha value is -3.92. The van der Waals surface area contributed by atoms with Crippen molar-refractivity contribution >= 4 is 34.2 Å². The van der Waals surface area contributed by atoms with Gasteiger partial charge in [-0.15, -0.1) is 16.4 Å². The van der Waals surface area contributed by atoms with Crippen LogP contribution in [0.4, 0.5) is 0 Å². The molecule has 1 atom stereocenters. The second-order valence-electron chi connectivity index (χ2n) is 9.57. The summed E-state index contributed by atoms with van der Waals surface area (Å²) in [5.74, 6) is 0.655. The number of carbonyl (C=O) groups is 2. The zero-order valence-corrected chi connectivity index (χ0v) is 23.0. The minimum Gasteiger partial charge on any atom is -0.493 e. The predicted octanol–water partition coefficient (Wildman–Crippen LogP) is 4.73. The molecular formula is C29H33N5O4S. The number of thiophene rings is 1. The highest BCUT2D eigenvalue weighted by Crippen LogP contribution is 2.34. The van der Waals surface area contributed by atoms with Gasteiger partial charge >= 0.3 is 0 Å². The second-order valence-corrected chi connectivity index (χ2v) is 10.6. The summed E-state index contributed by atoms with van der Waals surface area (Å²) in [6, 6.07) is 16.1. The van der Waals surface area contributed by atoms with Crippen LogP contribution in [0, 0.1) is 0 Å². The number of hydrogen-bond donors (Lipinski definition) is 1. The van der Waals surface area contributed by atoms with Crippen LogP contribution >= 0.6 is 11.3 Å². The summed E-state index contributed by atoms with van der Waals surface area (Å²) >= 11 is 1.55. The van der Waals surface area contributed by atoms with Crippen LogP contribution in [0.15, 0.2) is 60.0 Å². The van der Waals surface area contributed by atoms with Crippen LogP contribution in [0.3, 0.4) is 0 Å². The van der Waals surface area contributed by atoms with Crippen LogP contribution in [-0.2, 0) is 22.7 Å². The summed E-state index contributed by atoms with van der Waals surface area (Å²) in [7, 11) is 1.57. The van der Waals surface area contributed by atoms with Gasteiger partial charge in [-0.2, -0.15) is 0 Å². The molecule has 1 saturated carbocycles. The topological polar surface area (TPSA) is 98.6 Å². The number of hydrogen-bond acceptors (Lipinski definition) is 7. The standard InChI is InChI=1S/C29H33N5O4S/c1-3-38-25-15-14-20(17-26(25)37-2)28(29(36)30-21-9-4-5-10-21)33(18-22-11-8-16-39-22)27(35)19-34-24-13-7-6-12-23(24)31-32-34/h6-8,11-17,21,28H,3-5,9-10,18-19H2,1-2H3,(H,30,36). The molecule has 0 saturated heterocycles. The Morgan fingerprint density at radius 3 is 2.69 bits per heavy atom. The highest BCUT2D eigenvalue weighted by molar-refractivity contribution is 7.09. The Kier molecular flexibility index (Phi) is 8.41. The highest BCUT2D eigenvalue weighted by atomic mass is 32.1. The van der Waals surface area contributed by atoms with E-state index in [-0.39, 0.29) is 30.9 Å². The molecule has 0 aliphatic heterocycles. The van der Waals surface area contributed by atoms with Gasteiger partial charge in [0.25, 0.3) is 0 Å². The van der Waals surface area contributed by atoms with Crippen molar-refractivity contribution in [3.8, 4) is 11.5 Å². The number of nitrogens with zero attached hydrogens (tertiary/aromatic N) is 4. The van der Waals surface area contributed by atoms with Gasteiger partial charge in [0.15, 0.2) is 11.5 Å². The van der Waals surface area contributed by atoms with Gasteiger partial charge in [0.1, 0.15) is 18.1 Å². The van der Waals surface area contributed by atoms with Crippen molar-refractivity contribution in [1.29, 1.82) is 0 Å². The van der Waals surface area contributed by atoms with Crippen LogP contribution in [0.5, 0.6) is 11.5 Å². The average molecular weight is 548 g/mol. The Labute approximate surface area is 231 Å². The number of nitrogens with one attached hydrogen (secondary N) is 1. The Bertz CT molecular complexity index is 1410. The summed E-state index contributed by atoms with van der Waals surface area (Å²) in [4.78, 5) is 30.7. The van der Waals surface area contributed by atoms with E-state index in [2.05, 4.69) is 15.6 Å². The van der Waals surface area contributed by atoms with Crippen molar-refractivity contribution in [2.24, 2.45) is 0 Å². The fourth-order valence-corrected chi connectivity index (χ4v) is 5.80. The maximum absolute atomic E-state index is 14.1. The zero-order chi connectivity index (χ0) is 27.2. The maximum Gasteiger partial charge on any atom is 0.247 e. The van der Waals surface area contributed by atoms with Gasteiger partial charge in [-0.05, 0) is 61.0 Å². The summed E-state index contributed by atoms with van der Waals surface area (Å²) in [6.07, 6.45) is 4.05. The van der Waals surface area contributed by atoms with Gasteiger partial charge in [-0.25, -0.2) is 4.68 Å². The normalized spacial score (nSPS) is 14.3. The summed E-state index contributed by atoms with van der Waals surface area (Å²) < 4.78 is 12.9. The van der Waals surface area contributed by atoms with Crippen molar-refractivity contribution in [2.45, 2.75) is 57.8 Å². The lowest BCUT2D eigenvalue weighted by molar-refractivity contribution is -0.142. The minimum absolute atomic E-state index is 0.0484. The number of benzene rings is 2. The molecule has 2 aromatic carbocycles. The number of methoxy groups -OCH3 is 1. The highest BCUT2D eigenvalue weighted by Gasteiger charge is 2.34. The van der Waals surface area contributed by atoms with Crippen molar-refractivity contribution < 1.29 is 19.1 Å². The van der Waals surface area contributed by atoms with Crippen LogP contribution in [-0.4, -0.2) is 51.5 Å². The zero-order valence-electron chi connectivity index (χ0n) is 22.2. The van der Waals surface area contributed by atoms with Gasteiger partial charge in [-0.3, -0.25) is 9.59 Å². The largest absolute Gasteiger partial charge is 0.493 e. The third-order valence-electron chi connectivity index (χ3n) is 7.00. The molecule has 1 unspecified atom stereocenters. The Morgan fingerprint density at radius 1 is 1.13 bits per heavy atom. The lowest BCUT2D eigenvalue weighted by atomic mass is 10.0. The minimum atomic E-state index is -0.875. The van der Waals surface area contributed by atoms with Crippen LogP contribution in [0.1, 0.15) is 49.1 Å². The molecule has 2 heterocycles. The van der Waals surface area contributed by atoms with Crippen molar-refractivity contribution in [3.05, 3.63) is 70.4 Å². The fourth-order valence-electron chi connectivity index (χ4n) is 5.10. The number of fused-ring (bicyclic) bond motifs is 1. The van der Waals surface area contributed by atoms with Crippen molar-refractivity contribution in [1.82, 2.24) is 25.2 Å². The smallest absolute Gasteiger partial charge is 0.247 e. The molecule has 10 heteroatoms. The molecule has 0 bridgehead atoms. The van der Waals surface area contributed by atoms with Crippen LogP contribution in [0.25, 0.3) is 11.0 Å². The third-order valence-corrected chi connectivity index (χ3v) is 7.86. The fraction of sp³-hybridized carbons (Fsp3) is 0.379. The molecular weight excluding hydrogens is 514 g/mol. The quantitative estimate of drug-likeness (QED) is 0.292. The lowest BCUT2D eigenvalue weighted by Crippen LogP contribution is -2.46. The number of amides is 2. The number of rotatable bonds is 11. The molecule has 5 rings (SSSR count). The third kappa shape index (κ3) is 6.06. The molecule has 0 radical (unpaired) electrons. The molecule has 4 aromatic rings. The molecule has 2 amide bonds. The molecule has 9 nitrogen and oxygen atoms in total. The first-order valence-corrected chi connectivity index (χ1v) is 14.2. The SMILES string of the molecule is CCOc1ccc(C(C(=O)NC2CCCC2)N(Cc2cccs2)C(=O)Cn2nnc3ccccc32)cc1OC. The molecule has 1 N–H and O–H groups in total. The molecule has 39 heavy (non-hydrogen) atoms. The van der Waals surface area contributed by atoms with Gasteiger partial charge in [-0.1, -0.05) is 42.3 Å². The first-order chi connectivity index (χ1) is 19.1. The van der Waals surface area contributed by atoms with Gasteiger partial charge in [0, 0.05) is 10.9 Å². The van der Waals surface area contributed by atoms with E-state index < -0.39 is 6.04 Å². The van der Waals surface area contributed by atoms with E-state index in [1.807, 2.05) is 54.8 Å². The number of ether oxygens (including phenoxy) is 2. The summed E-state index contributed by atoms with van der Waals surface area (Å²) in [5.41, 5.74) is 2.12. The van der Waals surface area contributed by atoms with E-state index >= 15 is 0 Å². The maximum atomic E-state index is 14.1. The van der Waals surface area contributed by atoms with E-state index in [1.165, 1.54) is 0 Å². The number of aromatic nitrogens is 3. The first-order valence-electron chi connectivity index (χ1n) is 13.3. The number of carbonyl (C=O) groups excluding carboxylic acids is 2. The second kappa shape index (κ2) is 12.3. The van der Waals surface area contributed by atoms with E-state index in [4.69, 9.17) is 9.47 Å². The van der Waals surface area contributed by atoms with E-state index in [0.717, 1.165) is 36.1 Å². The predicted molar refractivity (Wildman–Crippen MR) is 150 cm³/mol. The molecule has 2 aromatic heterocycles. The summed E-state index contributed by atoms with van der Waals surface area (Å²) in [5, 5.41) is 13.6. The van der Waals surface area contributed by atoms with Gasteiger partial charge in [0.2, 0.25) is 11.8 Å². The van der Waals surface area contributed by atoms with Gasteiger partial charge < -0.3 is 19.7 Å². The Morgan fingerprint density at radius 2 is 1.95 bits per heavy atom. The lowest BCUT2D eigenvalue weighted by Gasteiger charge is -2.32. The Balaban J connectivity index is 1.54. The summed E-state index contributed by atoms with van der Waals surface area (Å²) in [6.45, 7) is 2.62. The molecule has 1 fully saturated rings. The van der Waals surface area contributed by atoms with Crippen molar-refractivity contribution in [3.63, 3.8) is 0 Å². The van der Waals surface area contributed by atoms with E-state index in [1.54, 1.807) is 40.2 Å². The van der Waals surface area contributed by atoms with Crippen LogP contribution in [0.2, 0.25) is 0 Å². The van der Waals surface area contributed by atoms with E-state index in [0.29, 0.717) is 29.2 Å². The number of para-hydroxylation sites is 1. The molecule has 1 aliphatic carbocycles. The average Bonchev–Trinajstić information content (AvgIpc) is 3.73. The monoisotopic (exact) mass is 547 g/mol. The van der Waals surface area contributed by atoms with Gasteiger partial charge in [0.05, 0.1) is 25.8 Å². The molecule has 0 spiro atoms. The molecule has 1 aliphatic rings. The van der Waals surface area contributed by atoms with E-state index in [9.17, 15) is 9.59 Å². The first kappa shape index (κ1) is 26.7. The van der Waals surface area contributed by atoms with Crippen molar-refractivity contribution in [2.75, 3.05) is 13.7 Å². The van der Waals surface area contributed by atoms with Crippen LogP contribution < -0.4 is 14.8 Å².